The minimum atomic E-state index is 0.589. The normalized spacial score (nSPS) is 10.7. The summed E-state index contributed by atoms with van der Waals surface area (Å²) in [6, 6.07) is 0. The lowest BCUT2D eigenvalue weighted by atomic mass is 10.5. The largest absolute Gasteiger partial charge is 0.463 e. The minimum absolute atomic E-state index is 0.589. The van der Waals surface area contributed by atoms with Crippen LogP contribution in [0.1, 0.15) is 13.8 Å². The molecule has 9 heavy (non-hydrogen) atoms. The van der Waals surface area contributed by atoms with Crippen LogP contribution in [-0.4, -0.2) is 0 Å². The molecule has 0 bridgehead atoms. The first-order valence-corrected chi connectivity index (χ1v) is 2.82. The molecule has 0 aromatic carbocycles. The number of ether oxygens (including phenoxy) is 1. The van der Waals surface area contributed by atoms with Gasteiger partial charge < -0.3 is 4.74 Å². The van der Waals surface area contributed by atoms with Gasteiger partial charge >= 0.3 is 0 Å². The van der Waals surface area contributed by atoms with E-state index in [0.29, 0.717) is 5.76 Å². The van der Waals surface area contributed by atoms with Crippen LogP contribution >= 0.6 is 0 Å². The lowest BCUT2D eigenvalue weighted by molar-refractivity contribution is 0.323. The Morgan fingerprint density at radius 1 is 1.56 bits per heavy atom. The maximum atomic E-state index is 5.10. The molecule has 1 nitrogen and oxygen atoms in total. The van der Waals surface area contributed by atoms with Gasteiger partial charge in [-0.2, -0.15) is 0 Å². The lowest BCUT2D eigenvalue weighted by Crippen LogP contribution is -1.82. The molecule has 0 saturated heterocycles. The molecule has 0 unspecified atom stereocenters. The summed E-state index contributed by atoms with van der Waals surface area (Å²) in [5.74, 6) is 1.44. The van der Waals surface area contributed by atoms with Crippen LogP contribution in [0.4, 0.5) is 0 Å². The third-order valence-electron chi connectivity index (χ3n) is 0.926. The first-order chi connectivity index (χ1) is 4.20. The van der Waals surface area contributed by atoms with Crippen molar-refractivity contribution in [2.24, 2.45) is 0 Å². The minimum Gasteiger partial charge on any atom is -0.463 e. The standard InChI is InChI=1S/C8H12O/c1-5-7(3)9-8(4)6-2/h5-6H,1,3H2,2,4H3. The summed E-state index contributed by atoms with van der Waals surface area (Å²) in [6.07, 6.45) is 3.45. The van der Waals surface area contributed by atoms with E-state index in [1.807, 2.05) is 19.9 Å². The maximum Gasteiger partial charge on any atom is 0.119 e. The second-order valence-corrected chi connectivity index (χ2v) is 1.67. The highest BCUT2D eigenvalue weighted by molar-refractivity contribution is 5.06. The highest BCUT2D eigenvalue weighted by Crippen LogP contribution is 2.02. The Hall–Kier alpha value is -0.980. The van der Waals surface area contributed by atoms with Gasteiger partial charge in [-0.1, -0.05) is 13.2 Å². The van der Waals surface area contributed by atoms with Crippen molar-refractivity contribution in [1.82, 2.24) is 0 Å². The van der Waals surface area contributed by atoms with Gasteiger partial charge in [0, 0.05) is 0 Å². The van der Waals surface area contributed by atoms with Crippen molar-refractivity contribution >= 4 is 0 Å². The van der Waals surface area contributed by atoms with E-state index in [1.165, 1.54) is 0 Å². The zero-order chi connectivity index (χ0) is 7.28. The Morgan fingerprint density at radius 2 is 2.11 bits per heavy atom. The van der Waals surface area contributed by atoms with Crippen molar-refractivity contribution in [2.45, 2.75) is 13.8 Å². The van der Waals surface area contributed by atoms with Crippen molar-refractivity contribution in [3.63, 3.8) is 0 Å². The Morgan fingerprint density at radius 3 is 2.44 bits per heavy atom. The fourth-order valence-electron chi connectivity index (χ4n) is 0.307. The third-order valence-corrected chi connectivity index (χ3v) is 0.926. The van der Waals surface area contributed by atoms with Crippen LogP contribution in [0.5, 0.6) is 0 Å². The summed E-state index contributed by atoms with van der Waals surface area (Å²) < 4.78 is 5.10. The molecular weight excluding hydrogens is 112 g/mol. The zero-order valence-electron chi connectivity index (χ0n) is 5.98. The molecule has 0 aromatic heterocycles. The number of hydrogen-bond donors (Lipinski definition) is 0. The van der Waals surface area contributed by atoms with Crippen LogP contribution in [0.3, 0.4) is 0 Å². The van der Waals surface area contributed by atoms with Crippen molar-refractivity contribution < 1.29 is 4.74 Å². The average molecular weight is 124 g/mol. The summed E-state index contributed by atoms with van der Waals surface area (Å²) in [7, 11) is 0. The van der Waals surface area contributed by atoms with Gasteiger partial charge in [-0.3, -0.25) is 0 Å². The molecule has 0 N–H and O–H groups in total. The second kappa shape index (κ2) is 3.96. The van der Waals surface area contributed by atoms with Crippen LogP contribution in [0.15, 0.2) is 36.8 Å². The molecule has 0 saturated carbocycles. The quantitative estimate of drug-likeness (QED) is 0.415. The Labute approximate surface area is 56.3 Å². The molecule has 0 fully saturated rings. The molecule has 1 heteroatoms. The number of hydrogen-bond acceptors (Lipinski definition) is 1. The molecule has 50 valence electrons. The molecule has 0 aliphatic rings. The molecule has 0 aliphatic heterocycles. The molecule has 0 rings (SSSR count). The van der Waals surface area contributed by atoms with Crippen LogP contribution in [0, 0.1) is 0 Å². The molecule has 0 heterocycles. The number of allylic oxidation sites excluding steroid dienone is 3. The van der Waals surface area contributed by atoms with Gasteiger partial charge in [0.1, 0.15) is 5.76 Å². The molecular formula is C8H12O. The summed E-state index contributed by atoms with van der Waals surface area (Å²) in [5, 5.41) is 0. The molecule has 0 radical (unpaired) electrons. The van der Waals surface area contributed by atoms with E-state index in [9.17, 15) is 0 Å². The average Bonchev–Trinajstić information content (AvgIpc) is 1.87. The SMILES string of the molecule is C=CC(=C)OC(C)=CC. The monoisotopic (exact) mass is 124 g/mol. The van der Waals surface area contributed by atoms with E-state index < -0.39 is 0 Å². The van der Waals surface area contributed by atoms with Crippen LogP contribution in [0.2, 0.25) is 0 Å². The van der Waals surface area contributed by atoms with Crippen LogP contribution in [-0.2, 0) is 4.74 Å². The van der Waals surface area contributed by atoms with Gasteiger partial charge in [0.25, 0.3) is 0 Å². The highest BCUT2D eigenvalue weighted by atomic mass is 16.5. The van der Waals surface area contributed by atoms with Gasteiger partial charge in [0.05, 0.1) is 5.76 Å². The number of rotatable bonds is 3. The van der Waals surface area contributed by atoms with Crippen LogP contribution in [0.25, 0.3) is 0 Å². The zero-order valence-corrected chi connectivity index (χ0v) is 5.98. The molecule has 0 amide bonds. The van der Waals surface area contributed by atoms with Crippen LogP contribution < -0.4 is 0 Å². The highest BCUT2D eigenvalue weighted by Gasteiger charge is 1.86. The van der Waals surface area contributed by atoms with E-state index in [2.05, 4.69) is 13.2 Å². The fraction of sp³-hybridized carbons (Fsp3) is 0.250. The van der Waals surface area contributed by atoms with Crippen molar-refractivity contribution in [3.05, 3.63) is 36.8 Å². The Balaban J connectivity index is 3.74. The fourth-order valence-corrected chi connectivity index (χ4v) is 0.307. The summed E-state index contributed by atoms with van der Waals surface area (Å²) in [5.41, 5.74) is 0. The van der Waals surface area contributed by atoms with Gasteiger partial charge in [-0.25, -0.2) is 0 Å². The van der Waals surface area contributed by atoms with E-state index in [1.54, 1.807) is 6.08 Å². The summed E-state index contributed by atoms with van der Waals surface area (Å²) >= 11 is 0. The molecule has 0 aliphatic carbocycles. The van der Waals surface area contributed by atoms with Gasteiger partial charge in [0.15, 0.2) is 0 Å². The van der Waals surface area contributed by atoms with E-state index in [-0.39, 0.29) is 0 Å². The van der Waals surface area contributed by atoms with Crippen molar-refractivity contribution in [3.8, 4) is 0 Å². The smallest absolute Gasteiger partial charge is 0.119 e. The molecule has 0 atom stereocenters. The summed E-state index contributed by atoms with van der Waals surface area (Å²) in [6.45, 7) is 10.9. The van der Waals surface area contributed by atoms with E-state index >= 15 is 0 Å². The summed E-state index contributed by atoms with van der Waals surface area (Å²) in [4.78, 5) is 0. The Kier molecular flexibility index (Phi) is 3.52. The first-order valence-electron chi connectivity index (χ1n) is 2.82. The predicted octanol–water partition coefficient (Wildman–Crippen LogP) is 2.63. The first kappa shape index (κ1) is 8.02. The third kappa shape index (κ3) is 3.59. The van der Waals surface area contributed by atoms with Gasteiger partial charge in [-0.15, -0.1) is 0 Å². The topological polar surface area (TPSA) is 9.23 Å². The second-order valence-electron chi connectivity index (χ2n) is 1.67. The maximum absolute atomic E-state index is 5.10. The van der Waals surface area contributed by atoms with Crippen molar-refractivity contribution in [1.29, 1.82) is 0 Å². The van der Waals surface area contributed by atoms with E-state index in [4.69, 9.17) is 4.74 Å². The molecule has 0 spiro atoms. The van der Waals surface area contributed by atoms with Crippen molar-refractivity contribution in [2.75, 3.05) is 0 Å². The predicted molar refractivity (Wildman–Crippen MR) is 39.9 cm³/mol. The van der Waals surface area contributed by atoms with Gasteiger partial charge in [-0.05, 0) is 26.0 Å². The lowest BCUT2D eigenvalue weighted by Gasteiger charge is -2.02. The van der Waals surface area contributed by atoms with E-state index in [0.717, 1.165) is 5.76 Å². The Bertz CT molecular complexity index is 143. The molecule has 0 aromatic rings. The van der Waals surface area contributed by atoms with Gasteiger partial charge in [0.2, 0.25) is 0 Å².